The Kier molecular flexibility index (Phi) is 6.90. The molecular weight excluding hydrogens is 366 g/mol. The minimum Gasteiger partial charge on any atom is -0.382 e. The van der Waals surface area contributed by atoms with Crippen LogP contribution < -0.4 is 5.32 Å². The van der Waals surface area contributed by atoms with Crippen molar-refractivity contribution in [3.8, 4) is 0 Å². The molecule has 0 saturated heterocycles. The molecule has 0 radical (unpaired) electrons. The molecule has 2 rings (SSSR count). The third kappa shape index (κ3) is 5.70. The summed E-state index contributed by atoms with van der Waals surface area (Å²) in [5.74, 6) is -0.678. The van der Waals surface area contributed by atoms with Crippen LogP contribution in [0.15, 0.2) is 61.2 Å². The first-order chi connectivity index (χ1) is 13.4. The lowest BCUT2D eigenvalue weighted by atomic mass is 9.91. The van der Waals surface area contributed by atoms with E-state index >= 15 is 0 Å². The minimum absolute atomic E-state index is 0.175. The third-order valence-corrected chi connectivity index (χ3v) is 4.59. The van der Waals surface area contributed by atoms with Gasteiger partial charge in [-0.25, -0.2) is 0 Å². The molecule has 0 aliphatic carbocycles. The molecule has 0 amide bonds. The molecule has 0 spiro atoms. The Bertz CT molecular complexity index is 800. The monoisotopic (exact) mass is 395 g/mol. The number of nitrogens with one attached hydrogen (secondary N) is 1. The molecule has 0 atom stereocenters. The first-order valence-electron chi connectivity index (χ1n) is 9.53. The van der Waals surface area contributed by atoms with Crippen LogP contribution in [0.1, 0.15) is 65.6 Å². The summed E-state index contributed by atoms with van der Waals surface area (Å²) in [6.07, 6.45) is 1.76. The highest BCUT2D eigenvalue weighted by molar-refractivity contribution is 6.02. The van der Waals surface area contributed by atoms with Crippen molar-refractivity contribution in [2.24, 2.45) is 0 Å². The number of benzene rings is 2. The Hall–Kier alpha value is -2.60. The molecule has 0 aliphatic heterocycles. The number of hydrogen-bond donors (Lipinski definition) is 3. The van der Waals surface area contributed by atoms with Gasteiger partial charge in [0.25, 0.3) is 0 Å². The molecular formula is C24H29NO4. The van der Waals surface area contributed by atoms with Gasteiger partial charge in [-0.3, -0.25) is 9.59 Å². The number of hydrogen-bond acceptors (Lipinski definition) is 5. The maximum Gasteiger partial charge on any atom is 0.193 e. The van der Waals surface area contributed by atoms with Gasteiger partial charge >= 0.3 is 0 Å². The topological polar surface area (TPSA) is 86.6 Å². The molecule has 0 fully saturated rings. The lowest BCUT2D eigenvalue weighted by Crippen LogP contribution is -2.31. The van der Waals surface area contributed by atoms with Gasteiger partial charge in [-0.05, 0) is 38.8 Å². The summed E-state index contributed by atoms with van der Waals surface area (Å²) in [5, 5.41) is 23.2. The Morgan fingerprint density at radius 2 is 1.21 bits per heavy atom. The summed E-state index contributed by atoms with van der Waals surface area (Å²) in [7, 11) is 0. The zero-order valence-corrected chi connectivity index (χ0v) is 17.4. The molecule has 154 valence electrons. The maximum absolute atomic E-state index is 12.2. The Balaban J connectivity index is 2.33. The van der Waals surface area contributed by atoms with Gasteiger partial charge in [-0.15, -0.1) is 6.58 Å². The highest BCUT2D eigenvalue weighted by Gasteiger charge is 2.26. The van der Waals surface area contributed by atoms with Gasteiger partial charge in [0.1, 0.15) is 11.2 Å². The third-order valence-electron chi connectivity index (χ3n) is 4.59. The van der Waals surface area contributed by atoms with E-state index in [1.807, 2.05) is 24.3 Å². The van der Waals surface area contributed by atoms with E-state index in [0.717, 1.165) is 11.1 Å². The maximum atomic E-state index is 12.2. The average molecular weight is 395 g/mol. The molecule has 0 heterocycles. The molecule has 0 saturated carbocycles. The van der Waals surface area contributed by atoms with Crippen LogP contribution in [0.4, 0.5) is 0 Å². The van der Waals surface area contributed by atoms with E-state index in [1.54, 1.807) is 30.3 Å². The lowest BCUT2D eigenvalue weighted by Gasteiger charge is -2.21. The normalized spacial score (nSPS) is 12.1. The summed E-state index contributed by atoms with van der Waals surface area (Å²) in [6.45, 7) is 10.2. The van der Waals surface area contributed by atoms with Crippen molar-refractivity contribution in [1.29, 1.82) is 0 Å². The van der Waals surface area contributed by atoms with Gasteiger partial charge in [0.05, 0.1) is 6.04 Å². The van der Waals surface area contributed by atoms with Crippen LogP contribution in [0, 0.1) is 0 Å². The van der Waals surface area contributed by atoms with Gasteiger partial charge < -0.3 is 15.5 Å². The number of carbonyl (C=O) groups excluding carboxylic acids is 2. The number of rotatable bonds is 9. The second-order valence-corrected chi connectivity index (χ2v) is 8.15. The van der Waals surface area contributed by atoms with Crippen molar-refractivity contribution in [3.05, 3.63) is 83.4 Å². The van der Waals surface area contributed by atoms with E-state index < -0.39 is 11.2 Å². The smallest absolute Gasteiger partial charge is 0.193 e. The molecule has 5 heteroatoms. The van der Waals surface area contributed by atoms with E-state index in [4.69, 9.17) is 0 Å². The summed E-state index contributed by atoms with van der Waals surface area (Å²) in [6, 6.07) is 14.0. The van der Waals surface area contributed by atoms with Gasteiger partial charge in [-0.1, -0.05) is 54.6 Å². The largest absolute Gasteiger partial charge is 0.382 e. The quantitative estimate of drug-likeness (QED) is 0.447. The van der Waals surface area contributed by atoms with Crippen molar-refractivity contribution in [3.63, 3.8) is 0 Å². The first-order valence-corrected chi connectivity index (χ1v) is 9.53. The summed E-state index contributed by atoms with van der Waals surface area (Å²) >= 11 is 0. The summed E-state index contributed by atoms with van der Waals surface area (Å²) in [4.78, 5) is 24.5. The van der Waals surface area contributed by atoms with Crippen LogP contribution in [0.25, 0.3) is 0 Å². The number of ketones is 2. The molecule has 0 aliphatic rings. The molecule has 3 N–H and O–H groups in total. The fourth-order valence-corrected chi connectivity index (χ4v) is 2.99. The molecule has 29 heavy (non-hydrogen) atoms. The van der Waals surface area contributed by atoms with Crippen molar-refractivity contribution in [1.82, 2.24) is 5.32 Å². The lowest BCUT2D eigenvalue weighted by molar-refractivity contribution is 0.0487. The average Bonchev–Trinajstić information content (AvgIpc) is 2.66. The van der Waals surface area contributed by atoms with Crippen molar-refractivity contribution in [2.45, 2.75) is 44.9 Å². The predicted molar refractivity (Wildman–Crippen MR) is 114 cm³/mol. The predicted octanol–water partition coefficient (Wildman–Crippen LogP) is 3.46. The SMILES string of the molecule is C=CCNC(c1ccc(C(=O)C(C)(C)O)cc1)c1ccc(C(=O)C(C)(C)O)cc1. The van der Waals surface area contributed by atoms with Gasteiger partial charge in [0.15, 0.2) is 11.6 Å². The van der Waals surface area contributed by atoms with Gasteiger partial charge in [0.2, 0.25) is 0 Å². The highest BCUT2D eigenvalue weighted by atomic mass is 16.3. The van der Waals surface area contributed by atoms with Crippen molar-refractivity contribution < 1.29 is 19.8 Å². The summed E-state index contributed by atoms with van der Waals surface area (Å²) in [5.41, 5.74) is -0.110. The van der Waals surface area contributed by atoms with Crippen LogP contribution in [-0.2, 0) is 0 Å². The van der Waals surface area contributed by atoms with Crippen LogP contribution in [-0.4, -0.2) is 39.5 Å². The van der Waals surface area contributed by atoms with Crippen LogP contribution >= 0.6 is 0 Å². The van der Waals surface area contributed by atoms with E-state index in [9.17, 15) is 19.8 Å². The van der Waals surface area contributed by atoms with E-state index in [1.165, 1.54) is 27.7 Å². The molecule has 5 nitrogen and oxygen atoms in total. The standard InChI is InChI=1S/C24H29NO4/c1-6-15-25-20(16-7-11-18(12-8-16)21(26)23(2,3)28)17-9-13-19(14-10-17)22(27)24(4,5)29/h6-14,20,25,28-29H,1,15H2,2-5H3. The van der Waals surface area contributed by atoms with Gasteiger partial charge in [0, 0.05) is 17.7 Å². The number of Topliss-reactive ketones (excluding diaryl/α,β-unsaturated/α-hetero) is 2. The highest BCUT2D eigenvalue weighted by Crippen LogP contribution is 2.25. The molecule has 2 aromatic carbocycles. The first kappa shape index (κ1) is 22.7. The molecule has 0 unspecified atom stereocenters. The summed E-state index contributed by atoms with van der Waals surface area (Å²) < 4.78 is 0. The fourth-order valence-electron chi connectivity index (χ4n) is 2.99. The van der Waals surface area contributed by atoms with Crippen molar-refractivity contribution >= 4 is 11.6 Å². The van der Waals surface area contributed by atoms with E-state index in [-0.39, 0.29) is 17.6 Å². The van der Waals surface area contributed by atoms with E-state index in [0.29, 0.717) is 17.7 Å². The molecule has 0 bridgehead atoms. The molecule has 2 aromatic rings. The van der Waals surface area contributed by atoms with Crippen LogP contribution in [0.3, 0.4) is 0 Å². The second-order valence-electron chi connectivity index (χ2n) is 8.15. The minimum atomic E-state index is -1.43. The number of carbonyl (C=O) groups is 2. The van der Waals surface area contributed by atoms with E-state index in [2.05, 4.69) is 11.9 Å². The van der Waals surface area contributed by atoms with Gasteiger partial charge in [-0.2, -0.15) is 0 Å². The van der Waals surface area contributed by atoms with Crippen LogP contribution in [0.5, 0.6) is 0 Å². The Morgan fingerprint density at radius 1 is 0.862 bits per heavy atom. The Morgan fingerprint density at radius 3 is 1.48 bits per heavy atom. The zero-order chi connectivity index (χ0) is 21.8. The Labute approximate surface area is 172 Å². The van der Waals surface area contributed by atoms with Crippen LogP contribution in [0.2, 0.25) is 0 Å². The fraction of sp³-hybridized carbons (Fsp3) is 0.333. The second kappa shape index (κ2) is 8.82. The zero-order valence-electron chi connectivity index (χ0n) is 17.4. The molecule has 0 aromatic heterocycles. The number of aliphatic hydroxyl groups is 2. The van der Waals surface area contributed by atoms with Crippen molar-refractivity contribution in [2.75, 3.05) is 6.54 Å².